The van der Waals surface area contributed by atoms with Crippen LogP contribution in [0.1, 0.15) is 52.5 Å². The summed E-state index contributed by atoms with van der Waals surface area (Å²) < 4.78 is 14.5. The molecule has 2 aliphatic heterocycles. The van der Waals surface area contributed by atoms with Gasteiger partial charge in [0.15, 0.2) is 0 Å². The molecule has 0 radical (unpaired) electrons. The van der Waals surface area contributed by atoms with Gasteiger partial charge in [0.05, 0.1) is 12.6 Å². The van der Waals surface area contributed by atoms with Crippen molar-refractivity contribution < 1.29 is 9.50 Å². The second-order valence-corrected chi connectivity index (χ2v) is 12.2. The summed E-state index contributed by atoms with van der Waals surface area (Å²) in [6.45, 7) is 12.0. The van der Waals surface area contributed by atoms with Crippen LogP contribution in [0, 0.1) is 5.41 Å². The largest absolute Gasteiger partial charge is 0.389 e. The van der Waals surface area contributed by atoms with E-state index in [1.165, 1.54) is 28.4 Å². The molecule has 2 aromatic heterocycles. The molecule has 2 aliphatic rings. The summed E-state index contributed by atoms with van der Waals surface area (Å²) in [5.41, 5.74) is 1.93. The second kappa shape index (κ2) is 11.6. The Kier molecular flexibility index (Phi) is 8.67. The molecule has 0 bridgehead atoms. The zero-order valence-electron chi connectivity index (χ0n) is 23.6. The minimum atomic E-state index is -1.35. The van der Waals surface area contributed by atoms with Crippen molar-refractivity contribution in [1.29, 1.82) is 0 Å². The van der Waals surface area contributed by atoms with Crippen LogP contribution in [0.25, 0.3) is 10.8 Å². The van der Waals surface area contributed by atoms with Crippen molar-refractivity contribution >= 4 is 45.8 Å². The summed E-state index contributed by atoms with van der Waals surface area (Å²) in [6, 6.07) is 8.89. The molecule has 3 aromatic rings. The average Bonchev–Trinajstić information content (AvgIpc) is 2.86. The van der Waals surface area contributed by atoms with Gasteiger partial charge in [-0.2, -0.15) is 16.7 Å². The molecular weight excluding hydrogens is 499 g/mol. The Morgan fingerprint density at radius 3 is 2.47 bits per heavy atom. The third-order valence-electron chi connectivity index (χ3n) is 7.48. The lowest BCUT2D eigenvalue weighted by atomic mass is 9.80. The van der Waals surface area contributed by atoms with Gasteiger partial charge in [0.1, 0.15) is 17.8 Å². The first kappa shape index (κ1) is 28.4. The van der Waals surface area contributed by atoms with Gasteiger partial charge >= 0.3 is 0 Å². The SMILES string of the molecule is CC(C)c1ccc(N2CCC2C)c2cnc(Nc3ccnc(N4CC(F)C(O)C(C)(C)C4)n3)cc12.CSC. The van der Waals surface area contributed by atoms with Crippen molar-refractivity contribution in [2.45, 2.75) is 65.3 Å². The van der Waals surface area contributed by atoms with Crippen molar-refractivity contribution in [1.82, 2.24) is 15.0 Å². The summed E-state index contributed by atoms with van der Waals surface area (Å²) in [6.07, 6.45) is 6.57. The fraction of sp³-hybridized carbons (Fsp3) is 0.552. The summed E-state index contributed by atoms with van der Waals surface area (Å²) in [5, 5.41) is 15.9. The smallest absolute Gasteiger partial charge is 0.227 e. The Labute approximate surface area is 230 Å². The number of aliphatic hydroxyl groups excluding tert-OH is 1. The van der Waals surface area contributed by atoms with Gasteiger partial charge in [-0.15, -0.1) is 0 Å². The van der Waals surface area contributed by atoms with Gasteiger partial charge in [0, 0.05) is 48.0 Å². The van der Waals surface area contributed by atoms with E-state index in [1.54, 1.807) is 28.9 Å². The van der Waals surface area contributed by atoms with Gasteiger partial charge < -0.3 is 20.2 Å². The molecular formula is C29H41FN6OS. The highest BCUT2D eigenvalue weighted by Crippen LogP contribution is 2.38. The van der Waals surface area contributed by atoms with Crippen LogP contribution in [-0.2, 0) is 0 Å². The summed E-state index contributed by atoms with van der Waals surface area (Å²) in [5.74, 6) is 2.12. The monoisotopic (exact) mass is 540 g/mol. The van der Waals surface area contributed by atoms with Crippen molar-refractivity contribution in [2.24, 2.45) is 5.41 Å². The quantitative estimate of drug-likeness (QED) is 0.407. The standard InChI is InChI=1S/C27H35FN6O.C2H6S/c1-16(2)18-6-7-22(34-11-9-17(34)3)20-13-30-24(12-19(18)20)31-23-8-10-29-26(32-23)33-14-21(28)25(35)27(4,5)15-33;1-3-2/h6-8,10,12-13,16-17,21,25,35H,9,11,14-15H2,1-5H3,(H,29,30,31,32);1-2H3. The number of aliphatic hydroxyl groups is 1. The van der Waals surface area contributed by atoms with Crippen molar-refractivity contribution in [3.05, 3.63) is 42.2 Å². The fourth-order valence-electron chi connectivity index (χ4n) is 5.25. The maximum Gasteiger partial charge on any atom is 0.227 e. The van der Waals surface area contributed by atoms with E-state index in [2.05, 4.69) is 59.2 Å². The number of pyridine rings is 1. The molecule has 4 heterocycles. The lowest BCUT2D eigenvalue weighted by Gasteiger charge is -2.43. The predicted molar refractivity (Wildman–Crippen MR) is 159 cm³/mol. The van der Waals surface area contributed by atoms with E-state index in [1.807, 2.05) is 32.6 Å². The molecule has 5 rings (SSSR count). The Balaban J connectivity index is 0.00000107. The van der Waals surface area contributed by atoms with Gasteiger partial charge in [-0.3, -0.25) is 0 Å². The highest BCUT2D eigenvalue weighted by molar-refractivity contribution is 7.97. The third-order valence-corrected chi connectivity index (χ3v) is 7.48. The Morgan fingerprint density at radius 1 is 1.13 bits per heavy atom. The number of nitrogens with one attached hydrogen (secondary N) is 1. The Hall–Kier alpha value is -2.65. The number of halogens is 1. The molecule has 0 spiro atoms. The van der Waals surface area contributed by atoms with Crippen molar-refractivity contribution in [2.75, 3.05) is 47.3 Å². The topological polar surface area (TPSA) is 77.4 Å². The number of rotatable bonds is 5. The predicted octanol–water partition coefficient (Wildman–Crippen LogP) is 6.01. The molecule has 3 unspecified atom stereocenters. The summed E-state index contributed by atoms with van der Waals surface area (Å²) >= 11 is 1.75. The molecule has 38 heavy (non-hydrogen) atoms. The highest BCUT2D eigenvalue weighted by atomic mass is 32.2. The normalized spacial score (nSPS) is 22.6. The first-order valence-corrected chi connectivity index (χ1v) is 15.0. The fourth-order valence-corrected chi connectivity index (χ4v) is 5.25. The van der Waals surface area contributed by atoms with E-state index in [4.69, 9.17) is 4.98 Å². The third kappa shape index (κ3) is 5.83. The average molecular weight is 541 g/mol. The number of hydrogen-bond donors (Lipinski definition) is 2. The number of aromatic nitrogens is 3. The minimum absolute atomic E-state index is 0.0672. The number of thioether (sulfide) groups is 1. The zero-order chi connectivity index (χ0) is 27.6. The molecule has 3 atom stereocenters. The lowest BCUT2D eigenvalue weighted by Crippen LogP contribution is -2.55. The van der Waals surface area contributed by atoms with Crippen LogP contribution < -0.4 is 15.1 Å². The Bertz CT molecular complexity index is 1250. The van der Waals surface area contributed by atoms with Gasteiger partial charge in [0.25, 0.3) is 0 Å². The maximum absolute atomic E-state index is 14.5. The van der Waals surface area contributed by atoms with Gasteiger partial charge in [0.2, 0.25) is 5.95 Å². The second-order valence-electron chi connectivity index (χ2n) is 11.4. The number of anilines is 4. The van der Waals surface area contributed by atoms with Crippen LogP contribution in [0.15, 0.2) is 36.7 Å². The van der Waals surface area contributed by atoms with Gasteiger partial charge in [-0.1, -0.05) is 33.8 Å². The number of hydrogen-bond acceptors (Lipinski definition) is 8. The molecule has 206 valence electrons. The number of alkyl halides is 1. The van der Waals surface area contributed by atoms with E-state index in [0.717, 1.165) is 6.54 Å². The van der Waals surface area contributed by atoms with E-state index in [9.17, 15) is 9.50 Å². The van der Waals surface area contributed by atoms with E-state index in [-0.39, 0.29) is 6.54 Å². The Morgan fingerprint density at radius 2 is 1.87 bits per heavy atom. The van der Waals surface area contributed by atoms with Crippen molar-refractivity contribution in [3.63, 3.8) is 0 Å². The first-order valence-electron chi connectivity index (χ1n) is 13.3. The van der Waals surface area contributed by atoms with E-state index >= 15 is 0 Å². The van der Waals surface area contributed by atoms with Crippen LogP contribution in [0.5, 0.6) is 0 Å². The van der Waals surface area contributed by atoms with Gasteiger partial charge in [-0.25, -0.2) is 14.4 Å². The molecule has 2 N–H and O–H groups in total. The maximum atomic E-state index is 14.5. The number of benzene rings is 1. The molecule has 2 saturated heterocycles. The number of piperidine rings is 1. The molecule has 1 aromatic carbocycles. The molecule has 2 fully saturated rings. The highest BCUT2D eigenvalue weighted by Gasteiger charge is 2.42. The van der Waals surface area contributed by atoms with Crippen LogP contribution in [0.2, 0.25) is 0 Å². The van der Waals surface area contributed by atoms with E-state index < -0.39 is 17.7 Å². The molecule has 0 saturated carbocycles. The summed E-state index contributed by atoms with van der Waals surface area (Å²) in [4.78, 5) is 18.0. The van der Waals surface area contributed by atoms with E-state index in [0.29, 0.717) is 36.1 Å². The molecule has 0 amide bonds. The van der Waals surface area contributed by atoms with Crippen molar-refractivity contribution in [3.8, 4) is 0 Å². The minimum Gasteiger partial charge on any atom is -0.389 e. The van der Waals surface area contributed by atoms with Crippen LogP contribution in [-0.4, -0.2) is 70.5 Å². The molecule has 0 aliphatic carbocycles. The van der Waals surface area contributed by atoms with Crippen LogP contribution in [0.4, 0.5) is 27.7 Å². The lowest BCUT2D eigenvalue weighted by molar-refractivity contribution is -0.0257. The molecule has 7 nitrogen and oxygen atoms in total. The number of fused-ring (bicyclic) bond motifs is 1. The first-order chi connectivity index (χ1) is 18.1. The molecule has 9 heteroatoms. The van der Waals surface area contributed by atoms with Crippen LogP contribution in [0.3, 0.4) is 0 Å². The van der Waals surface area contributed by atoms with Gasteiger partial charge in [-0.05, 0) is 60.9 Å². The van der Waals surface area contributed by atoms with Crippen LogP contribution >= 0.6 is 11.8 Å². The number of nitrogens with zero attached hydrogens (tertiary/aromatic N) is 5. The zero-order valence-corrected chi connectivity index (χ0v) is 24.4. The summed E-state index contributed by atoms with van der Waals surface area (Å²) in [7, 11) is 0.